The van der Waals surface area contributed by atoms with E-state index in [9.17, 15) is 9.59 Å². The molecule has 0 bridgehead atoms. The number of hydrogen-bond donors (Lipinski definition) is 2. The number of nitrogens with one attached hydrogen (secondary N) is 2. The molecule has 2 aromatic carbocycles. The quantitative estimate of drug-likeness (QED) is 0.528. The van der Waals surface area contributed by atoms with Gasteiger partial charge < -0.3 is 10.6 Å². The van der Waals surface area contributed by atoms with Gasteiger partial charge in [0.15, 0.2) is 0 Å². The third-order valence-corrected chi connectivity index (χ3v) is 5.38. The van der Waals surface area contributed by atoms with Crippen LogP contribution < -0.4 is 10.6 Å². The number of carbonyl (C=O) groups excluding carboxylic acids is 2. The van der Waals surface area contributed by atoms with E-state index in [1.807, 2.05) is 68.4 Å². The van der Waals surface area contributed by atoms with E-state index in [4.69, 9.17) is 0 Å². The van der Waals surface area contributed by atoms with Gasteiger partial charge in [-0.1, -0.05) is 39.7 Å². The SMILES string of the molecule is Cc1ccc(NC(=O)CSCC(=O)Nc2cc(C)nn2-c2cccc(Br)c2)cc1. The van der Waals surface area contributed by atoms with Crippen molar-refractivity contribution in [1.82, 2.24) is 9.78 Å². The van der Waals surface area contributed by atoms with E-state index in [1.165, 1.54) is 11.8 Å². The Hall–Kier alpha value is -2.58. The van der Waals surface area contributed by atoms with E-state index >= 15 is 0 Å². The molecule has 0 saturated heterocycles. The molecule has 3 aromatic rings. The summed E-state index contributed by atoms with van der Waals surface area (Å²) in [5.74, 6) is 0.640. The van der Waals surface area contributed by atoms with Gasteiger partial charge >= 0.3 is 0 Å². The molecule has 2 amide bonds. The van der Waals surface area contributed by atoms with Crippen LogP contribution in [0.25, 0.3) is 5.69 Å². The number of aryl methyl sites for hydroxylation is 2. The summed E-state index contributed by atoms with van der Waals surface area (Å²) in [6, 6.07) is 17.1. The maximum absolute atomic E-state index is 12.3. The van der Waals surface area contributed by atoms with Crippen LogP contribution in [-0.2, 0) is 9.59 Å². The fraction of sp³-hybridized carbons (Fsp3) is 0.190. The lowest BCUT2D eigenvalue weighted by molar-refractivity contribution is -0.114. The molecule has 29 heavy (non-hydrogen) atoms. The highest BCUT2D eigenvalue weighted by molar-refractivity contribution is 9.10. The van der Waals surface area contributed by atoms with E-state index in [2.05, 4.69) is 31.7 Å². The monoisotopic (exact) mass is 472 g/mol. The van der Waals surface area contributed by atoms with Crippen LogP contribution in [0.4, 0.5) is 11.5 Å². The molecule has 0 saturated carbocycles. The summed E-state index contributed by atoms with van der Waals surface area (Å²) in [4.78, 5) is 24.4. The molecule has 8 heteroatoms. The van der Waals surface area contributed by atoms with Gasteiger partial charge in [0.2, 0.25) is 11.8 Å². The zero-order valence-corrected chi connectivity index (χ0v) is 18.5. The highest BCUT2D eigenvalue weighted by Gasteiger charge is 2.12. The van der Waals surface area contributed by atoms with Gasteiger partial charge in [0, 0.05) is 16.2 Å². The predicted molar refractivity (Wildman–Crippen MR) is 122 cm³/mol. The van der Waals surface area contributed by atoms with E-state index < -0.39 is 0 Å². The predicted octanol–water partition coefficient (Wildman–Crippen LogP) is 4.56. The highest BCUT2D eigenvalue weighted by Crippen LogP contribution is 2.20. The summed E-state index contributed by atoms with van der Waals surface area (Å²) in [5, 5.41) is 10.1. The lowest BCUT2D eigenvalue weighted by Crippen LogP contribution is -2.19. The number of amides is 2. The van der Waals surface area contributed by atoms with Gasteiger partial charge in [-0.25, -0.2) is 4.68 Å². The second-order valence-electron chi connectivity index (χ2n) is 6.52. The normalized spacial score (nSPS) is 10.6. The summed E-state index contributed by atoms with van der Waals surface area (Å²) in [6.45, 7) is 3.86. The van der Waals surface area contributed by atoms with Crippen molar-refractivity contribution in [2.75, 3.05) is 22.1 Å². The molecule has 0 spiro atoms. The van der Waals surface area contributed by atoms with Crippen LogP contribution in [0.5, 0.6) is 0 Å². The number of aromatic nitrogens is 2. The Balaban J connectivity index is 1.52. The first kappa shape index (κ1) is 21.1. The molecule has 6 nitrogen and oxygen atoms in total. The number of benzene rings is 2. The Morgan fingerprint density at radius 1 is 1.00 bits per heavy atom. The van der Waals surface area contributed by atoms with Crippen LogP contribution in [0.3, 0.4) is 0 Å². The first-order valence-electron chi connectivity index (χ1n) is 8.97. The van der Waals surface area contributed by atoms with Gasteiger partial charge in [-0.15, -0.1) is 11.8 Å². The second kappa shape index (κ2) is 9.76. The maximum Gasteiger partial charge on any atom is 0.235 e. The molecule has 0 aliphatic carbocycles. The largest absolute Gasteiger partial charge is 0.325 e. The third kappa shape index (κ3) is 6.20. The molecule has 0 unspecified atom stereocenters. The molecule has 1 aromatic heterocycles. The van der Waals surface area contributed by atoms with Gasteiger partial charge in [-0.3, -0.25) is 9.59 Å². The van der Waals surface area contributed by atoms with Crippen LogP contribution in [0.1, 0.15) is 11.3 Å². The molecule has 3 rings (SSSR count). The summed E-state index contributed by atoms with van der Waals surface area (Å²) in [6.07, 6.45) is 0. The van der Waals surface area contributed by atoms with Gasteiger partial charge in [0.25, 0.3) is 0 Å². The molecule has 0 atom stereocenters. The molecule has 0 fully saturated rings. The number of nitrogens with zero attached hydrogens (tertiary/aromatic N) is 2. The lowest BCUT2D eigenvalue weighted by atomic mass is 10.2. The van der Waals surface area contributed by atoms with Crippen molar-refractivity contribution in [3.63, 3.8) is 0 Å². The third-order valence-electron chi connectivity index (χ3n) is 3.95. The fourth-order valence-electron chi connectivity index (χ4n) is 2.64. The zero-order chi connectivity index (χ0) is 20.8. The molecular formula is C21H21BrN4O2S. The number of halogens is 1. The summed E-state index contributed by atoms with van der Waals surface area (Å²) >= 11 is 4.71. The Morgan fingerprint density at radius 3 is 2.38 bits per heavy atom. The maximum atomic E-state index is 12.3. The Morgan fingerprint density at radius 2 is 1.69 bits per heavy atom. The van der Waals surface area contributed by atoms with E-state index in [-0.39, 0.29) is 23.3 Å². The minimum absolute atomic E-state index is 0.137. The number of thioether (sulfide) groups is 1. The van der Waals surface area contributed by atoms with Crippen molar-refractivity contribution in [1.29, 1.82) is 0 Å². The zero-order valence-electron chi connectivity index (χ0n) is 16.1. The molecule has 0 radical (unpaired) electrons. The van der Waals surface area contributed by atoms with Gasteiger partial charge in [-0.05, 0) is 44.2 Å². The molecule has 2 N–H and O–H groups in total. The van der Waals surface area contributed by atoms with Crippen molar-refractivity contribution < 1.29 is 9.59 Å². The van der Waals surface area contributed by atoms with Crippen LogP contribution in [0.15, 0.2) is 59.1 Å². The highest BCUT2D eigenvalue weighted by atomic mass is 79.9. The van der Waals surface area contributed by atoms with Gasteiger partial charge in [-0.2, -0.15) is 5.10 Å². The summed E-state index contributed by atoms with van der Waals surface area (Å²) in [5.41, 5.74) is 3.52. The Labute approximate surface area is 182 Å². The first-order chi connectivity index (χ1) is 13.9. The molecule has 1 heterocycles. The standard InChI is InChI=1S/C21H21BrN4O2S/c1-14-6-8-17(9-7-14)23-20(27)12-29-13-21(28)24-19-10-15(2)25-26(19)18-5-3-4-16(22)11-18/h3-11H,12-13H2,1-2H3,(H,23,27)(H,24,28). The number of carbonyl (C=O) groups is 2. The summed E-state index contributed by atoms with van der Waals surface area (Å²) < 4.78 is 2.61. The smallest absolute Gasteiger partial charge is 0.235 e. The van der Waals surface area contributed by atoms with Crippen LogP contribution in [0.2, 0.25) is 0 Å². The molecular weight excluding hydrogens is 452 g/mol. The lowest BCUT2D eigenvalue weighted by Gasteiger charge is -2.09. The van der Waals surface area contributed by atoms with Crippen LogP contribution >= 0.6 is 27.7 Å². The minimum atomic E-state index is -0.186. The second-order valence-corrected chi connectivity index (χ2v) is 8.42. The topological polar surface area (TPSA) is 76.0 Å². The van der Waals surface area contributed by atoms with E-state index in [0.29, 0.717) is 5.82 Å². The van der Waals surface area contributed by atoms with Crippen molar-refractivity contribution in [3.8, 4) is 5.69 Å². The van der Waals surface area contributed by atoms with Crippen molar-refractivity contribution >= 4 is 51.0 Å². The van der Waals surface area contributed by atoms with Crippen molar-refractivity contribution in [2.45, 2.75) is 13.8 Å². The van der Waals surface area contributed by atoms with Crippen LogP contribution in [-0.4, -0.2) is 33.1 Å². The van der Waals surface area contributed by atoms with Crippen molar-refractivity contribution in [2.24, 2.45) is 0 Å². The average molecular weight is 473 g/mol. The molecule has 150 valence electrons. The van der Waals surface area contributed by atoms with Crippen molar-refractivity contribution in [3.05, 3.63) is 70.3 Å². The first-order valence-corrected chi connectivity index (χ1v) is 10.9. The summed E-state index contributed by atoms with van der Waals surface area (Å²) in [7, 11) is 0. The Kier molecular flexibility index (Phi) is 7.11. The van der Waals surface area contributed by atoms with E-state index in [0.717, 1.165) is 27.1 Å². The number of hydrogen-bond acceptors (Lipinski definition) is 4. The van der Waals surface area contributed by atoms with Gasteiger partial charge in [0.05, 0.1) is 22.9 Å². The molecule has 0 aliphatic heterocycles. The van der Waals surface area contributed by atoms with E-state index in [1.54, 1.807) is 4.68 Å². The minimum Gasteiger partial charge on any atom is -0.325 e. The Bertz CT molecular complexity index is 1020. The van der Waals surface area contributed by atoms with Gasteiger partial charge in [0.1, 0.15) is 5.82 Å². The van der Waals surface area contributed by atoms with Crippen LogP contribution in [0, 0.1) is 13.8 Å². The fourth-order valence-corrected chi connectivity index (χ4v) is 3.65. The number of rotatable bonds is 7. The molecule has 0 aliphatic rings. The average Bonchev–Trinajstić information content (AvgIpc) is 3.03. The number of anilines is 2.